The molecule has 1 aliphatic rings. The molecule has 0 saturated carbocycles. The van der Waals surface area contributed by atoms with Gasteiger partial charge in [0.15, 0.2) is 5.78 Å². The van der Waals surface area contributed by atoms with Crippen LogP contribution >= 0.6 is 12.6 Å². The minimum atomic E-state index is 0.184. The van der Waals surface area contributed by atoms with E-state index < -0.39 is 0 Å². The summed E-state index contributed by atoms with van der Waals surface area (Å²) >= 11 is 4.29. The lowest BCUT2D eigenvalue weighted by atomic mass is 9.96. The Kier molecular flexibility index (Phi) is 1.77. The minimum Gasteiger partial charge on any atom is -0.294 e. The fourth-order valence-corrected chi connectivity index (χ4v) is 1.65. The number of carbonyl (C=O) groups excluding carboxylic acids is 1. The summed E-state index contributed by atoms with van der Waals surface area (Å²) in [7, 11) is 0. The highest BCUT2D eigenvalue weighted by atomic mass is 32.1. The lowest BCUT2D eigenvalue weighted by Gasteiger charge is -2.11. The first-order valence-corrected chi connectivity index (χ1v) is 4.25. The van der Waals surface area contributed by atoms with Gasteiger partial charge in [0.2, 0.25) is 0 Å². The molecule has 60 valence electrons. The highest BCUT2D eigenvalue weighted by Crippen LogP contribution is 2.28. The van der Waals surface area contributed by atoms with Crippen LogP contribution in [0.5, 0.6) is 0 Å². The van der Waals surface area contributed by atoms with E-state index in [1.807, 2.05) is 30.3 Å². The SMILES string of the molecule is O=C1CC=C(S)c2ccccc21. The van der Waals surface area contributed by atoms with Gasteiger partial charge in [-0.1, -0.05) is 30.3 Å². The number of fused-ring (bicyclic) bond motifs is 1. The summed E-state index contributed by atoms with van der Waals surface area (Å²) in [5, 5.41) is 0. The molecule has 1 aromatic carbocycles. The number of ketones is 1. The Morgan fingerprint density at radius 3 is 2.50 bits per heavy atom. The summed E-state index contributed by atoms with van der Waals surface area (Å²) < 4.78 is 0. The van der Waals surface area contributed by atoms with E-state index in [-0.39, 0.29) is 5.78 Å². The van der Waals surface area contributed by atoms with Crippen LogP contribution in [0.25, 0.3) is 4.91 Å². The normalized spacial score (nSPS) is 15.4. The lowest BCUT2D eigenvalue weighted by molar-refractivity contribution is 0.0994. The van der Waals surface area contributed by atoms with E-state index in [2.05, 4.69) is 12.6 Å². The van der Waals surface area contributed by atoms with E-state index in [0.717, 1.165) is 16.0 Å². The van der Waals surface area contributed by atoms with Crippen LogP contribution in [-0.2, 0) is 0 Å². The molecule has 0 spiro atoms. The fourth-order valence-electron chi connectivity index (χ4n) is 1.36. The number of Topliss-reactive ketones (excluding diaryl/α,β-unsaturated/α-hetero) is 1. The summed E-state index contributed by atoms with van der Waals surface area (Å²) in [4.78, 5) is 12.3. The van der Waals surface area contributed by atoms with Gasteiger partial charge in [0.25, 0.3) is 0 Å². The first-order chi connectivity index (χ1) is 5.79. The second-order valence-electron chi connectivity index (χ2n) is 2.76. The van der Waals surface area contributed by atoms with Gasteiger partial charge in [-0.05, 0) is 5.56 Å². The molecule has 0 aromatic heterocycles. The maximum absolute atomic E-state index is 11.4. The molecular formula is C10H8OS. The molecule has 0 fully saturated rings. The zero-order valence-corrected chi connectivity index (χ0v) is 7.34. The largest absolute Gasteiger partial charge is 0.294 e. The number of rotatable bonds is 0. The number of carbonyl (C=O) groups is 1. The molecule has 0 atom stereocenters. The molecule has 1 aliphatic carbocycles. The molecular weight excluding hydrogens is 168 g/mol. The predicted molar refractivity (Wildman–Crippen MR) is 52.4 cm³/mol. The van der Waals surface area contributed by atoms with Crippen molar-refractivity contribution < 1.29 is 4.79 Å². The topological polar surface area (TPSA) is 17.1 Å². The van der Waals surface area contributed by atoms with Crippen LogP contribution in [0.1, 0.15) is 22.3 Å². The molecule has 2 heteroatoms. The molecule has 12 heavy (non-hydrogen) atoms. The molecule has 1 aromatic rings. The average Bonchev–Trinajstić information content (AvgIpc) is 2.12. The third-order valence-electron chi connectivity index (χ3n) is 1.98. The summed E-state index contributed by atoms with van der Waals surface area (Å²) in [6.07, 6.45) is 2.34. The van der Waals surface area contributed by atoms with Gasteiger partial charge in [-0.15, -0.1) is 12.6 Å². The van der Waals surface area contributed by atoms with E-state index in [4.69, 9.17) is 0 Å². The summed E-state index contributed by atoms with van der Waals surface area (Å²) in [5.74, 6) is 0.184. The molecule has 0 bridgehead atoms. The van der Waals surface area contributed by atoms with E-state index in [0.29, 0.717) is 6.42 Å². The Balaban J connectivity index is 2.66. The van der Waals surface area contributed by atoms with E-state index in [1.54, 1.807) is 0 Å². The molecule has 0 aliphatic heterocycles. The Bertz CT molecular complexity index is 366. The van der Waals surface area contributed by atoms with Gasteiger partial charge in [0.1, 0.15) is 0 Å². The number of benzene rings is 1. The Labute approximate surface area is 76.5 Å². The monoisotopic (exact) mass is 176 g/mol. The van der Waals surface area contributed by atoms with Crippen molar-refractivity contribution in [3.05, 3.63) is 41.5 Å². The smallest absolute Gasteiger partial charge is 0.167 e. The molecule has 0 saturated heterocycles. The van der Waals surface area contributed by atoms with Gasteiger partial charge < -0.3 is 0 Å². The van der Waals surface area contributed by atoms with Crippen molar-refractivity contribution in [2.24, 2.45) is 0 Å². The minimum absolute atomic E-state index is 0.184. The maximum Gasteiger partial charge on any atom is 0.167 e. The van der Waals surface area contributed by atoms with Crippen LogP contribution in [0.2, 0.25) is 0 Å². The predicted octanol–water partition coefficient (Wildman–Crippen LogP) is 2.54. The second kappa shape index (κ2) is 2.79. The van der Waals surface area contributed by atoms with Crippen molar-refractivity contribution in [3.8, 4) is 0 Å². The first kappa shape index (κ1) is 7.62. The summed E-state index contributed by atoms with van der Waals surface area (Å²) in [6, 6.07) is 7.57. The Morgan fingerprint density at radius 2 is 1.83 bits per heavy atom. The first-order valence-electron chi connectivity index (χ1n) is 3.81. The molecule has 1 nitrogen and oxygen atoms in total. The molecule has 0 unspecified atom stereocenters. The van der Waals surface area contributed by atoms with Crippen molar-refractivity contribution in [3.63, 3.8) is 0 Å². The van der Waals surface area contributed by atoms with Gasteiger partial charge >= 0.3 is 0 Å². The molecule has 0 radical (unpaired) electrons. The highest BCUT2D eigenvalue weighted by molar-refractivity contribution is 7.90. The zero-order valence-electron chi connectivity index (χ0n) is 6.45. The van der Waals surface area contributed by atoms with Crippen LogP contribution in [0.4, 0.5) is 0 Å². The third kappa shape index (κ3) is 1.08. The van der Waals surface area contributed by atoms with Gasteiger partial charge in [-0.2, -0.15) is 0 Å². The number of thiol groups is 1. The number of hydrogen-bond acceptors (Lipinski definition) is 2. The van der Waals surface area contributed by atoms with Gasteiger partial charge in [0.05, 0.1) is 0 Å². The van der Waals surface area contributed by atoms with E-state index >= 15 is 0 Å². The van der Waals surface area contributed by atoms with E-state index in [9.17, 15) is 4.79 Å². The Hall–Kier alpha value is -1.02. The van der Waals surface area contributed by atoms with Crippen LogP contribution in [0.3, 0.4) is 0 Å². The maximum atomic E-state index is 11.4. The van der Waals surface area contributed by atoms with Gasteiger partial charge in [-0.3, -0.25) is 4.79 Å². The highest BCUT2D eigenvalue weighted by Gasteiger charge is 2.15. The third-order valence-corrected chi connectivity index (χ3v) is 2.41. The number of allylic oxidation sites excluding steroid dienone is 1. The Morgan fingerprint density at radius 1 is 1.17 bits per heavy atom. The van der Waals surface area contributed by atoms with Crippen LogP contribution in [0.15, 0.2) is 30.3 Å². The van der Waals surface area contributed by atoms with Crippen LogP contribution in [0, 0.1) is 0 Å². The standard InChI is InChI=1S/C10H8OS/c11-9-5-6-10(12)8-4-2-1-3-7(8)9/h1-4,6,12H,5H2. The second-order valence-corrected chi connectivity index (χ2v) is 3.24. The molecule has 0 heterocycles. The quantitative estimate of drug-likeness (QED) is 0.601. The van der Waals surface area contributed by atoms with Crippen molar-refractivity contribution in [1.82, 2.24) is 0 Å². The summed E-state index contributed by atoms with van der Waals surface area (Å²) in [6.45, 7) is 0. The van der Waals surface area contributed by atoms with Gasteiger partial charge in [-0.25, -0.2) is 0 Å². The van der Waals surface area contributed by atoms with E-state index in [1.165, 1.54) is 0 Å². The molecule has 0 amide bonds. The van der Waals surface area contributed by atoms with Gasteiger partial charge in [0, 0.05) is 16.9 Å². The van der Waals surface area contributed by atoms with Crippen LogP contribution in [-0.4, -0.2) is 5.78 Å². The average molecular weight is 176 g/mol. The summed E-state index contributed by atoms with van der Waals surface area (Å²) in [5.41, 5.74) is 1.75. The van der Waals surface area contributed by atoms with Crippen molar-refractivity contribution in [1.29, 1.82) is 0 Å². The van der Waals surface area contributed by atoms with Crippen molar-refractivity contribution >= 4 is 23.3 Å². The molecule has 0 N–H and O–H groups in total. The van der Waals surface area contributed by atoms with Crippen molar-refractivity contribution in [2.75, 3.05) is 0 Å². The zero-order chi connectivity index (χ0) is 8.55. The fraction of sp³-hybridized carbons (Fsp3) is 0.100. The molecule has 2 rings (SSSR count). The lowest BCUT2D eigenvalue weighted by Crippen LogP contribution is -2.05. The van der Waals surface area contributed by atoms with Crippen LogP contribution < -0.4 is 0 Å². The van der Waals surface area contributed by atoms with Crippen molar-refractivity contribution in [2.45, 2.75) is 6.42 Å². The number of hydrogen-bond donors (Lipinski definition) is 1.